The number of carbonyl (C=O) groups is 1. The molecular weight excluding hydrogens is 256 g/mol. The van der Waals surface area contributed by atoms with Gasteiger partial charge in [0.05, 0.1) is 17.8 Å². The maximum Gasteiger partial charge on any atom is 0.255 e. The molecule has 2 heterocycles. The molecule has 0 aromatic carbocycles. The van der Waals surface area contributed by atoms with Crippen LogP contribution < -0.4 is 4.74 Å². The molecule has 98 valence electrons. The summed E-state index contributed by atoms with van der Waals surface area (Å²) in [6.45, 7) is 4.47. The van der Waals surface area contributed by atoms with Crippen LogP contribution in [0, 0.1) is 0 Å². The molecule has 18 heavy (non-hydrogen) atoms. The third-order valence-electron chi connectivity index (χ3n) is 2.55. The first-order chi connectivity index (χ1) is 8.47. The van der Waals surface area contributed by atoms with E-state index in [0.717, 1.165) is 0 Å². The Morgan fingerprint density at radius 1 is 1.61 bits per heavy atom. The van der Waals surface area contributed by atoms with Crippen molar-refractivity contribution in [1.29, 1.82) is 0 Å². The van der Waals surface area contributed by atoms with E-state index in [9.17, 15) is 4.79 Å². The lowest BCUT2D eigenvalue weighted by molar-refractivity contribution is 0.00586. The highest BCUT2D eigenvalue weighted by Gasteiger charge is 2.29. The number of hydrogen-bond acceptors (Lipinski definition) is 4. The number of pyridine rings is 1. The number of halogens is 1. The lowest BCUT2D eigenvalue weighted by atomic mass is 10.1. The van der Waals surface area contributed by atoms with Crippen molar-refractivity contribution in [2.24, 2.45) is 0 Å². The number of nitrogens with zero attached hydrogens (tertiary/aromatic N) is 2. The summed E-state index contributed by atoms with van der Waals surface area (Å²) in [7, 11) is 0. The molecule has 0 radical (unpaired) electrons. The van der Waals surface area contributed by atoms with Crippen molar-refractivity contribution < 1.29 is 14.6 Å². The van der Waals surface area contributed by atoms with Crippen LogP contribution in [0.15, 0.2) is 12.3 Å². The molecule has 0 saturated carbocycles. The minimum Gasteiger partial charge on any atom is -0.474 e. The molecule has 1 aromatic rings. The van der Waals surface area contributed by atoms with Crippen molar-refractivity contribution in [2.45, 2.75) is 26.1 Å². The maximum absolute atomic E-state index is 11.9. The van der Waals surface area contributed by atoms with Gasteiger partial charge < -0.3 is 14.7 Å². The van der Waals surface area contributed by atoms with E-state index in [4.69, 9.17) is 21.4 Å². The van der Waals surface area contributed by atoms with Crippen LogP contribution in [-0.4, -0.2) is 46.2 Å². The molecule has 2 rings (SSSR count). The Balaban J connectivity index is 2.11. The van der Waals surface area contributed by atoms with E-state index in [1.165, 1.54) is 6.20 Å². The minimum atomic E-state index is -0.416. The largest absolute Gasteiger partial charge is 0.474 e. The molecule has 1 aliphatic rings. The minimum absolute atomic E-state index is 0.0259. The number of carbonyl (C=O) groups excluding carboxylic acids is 1. The van der Waals surface area contributed by atoms with E-state index < -0.39 is 6.10 Å². The maximum atomic E-state index is 11.9. The first kappa shape index (κ1) is 13.1. The van der Waals surface area contributed by atoms with Gasteiger partial charge in [-0.05, 0) is 19.9 Å². The summed E-state index contributed by atoms with van der Waals surface area (Å²) in [5.41, 5.74) is 0.406. The summed E-state index contributed by atoms with van der Waals surface area (Å²) >= 11 is 6.00. The number of likely N-dealkylation sites (tertiary alicyclic amines) is 1. The average Bonchev–Trinajstić information content (AvgIpc) is 2.26. The number of aromatic nitrogens is 1. The third-order valence-corrected chi connectivity index (χ3v) is 2.82. The number of ether oxygens (including phenoxy) is 1. The molecule has 1 aromatic heterocycles. The van der Waals surface area contributed by atoms with Gasteiger partial charge in [-0.2, -0.15) is 0 Å². The summed E-state index contributed by atoms with van der Waals surface area (Å²) in [5.74, 6) is 0.151. The molecule has 0 aliphatic carbocycles. The number of β-amino-alcohol motifs (C(OH)–C–C–N with tert-alkyl or cyclic N) is 1. The standard InChI is InChI=1S/C12H15ClN2O3/c1-7(2)18-11-10(13)3-8(4-14-11)12(17)15-5-9(16)6-15/h3-4,7,9,16H,5-6H2,1-2H3. The first-order valence-electron chi connectivity index (χ1n) is 5.77. The monoisotopic (exact) mass is 270 g/mol. The van der Waals surface area contributed by atoms with E-state index >= 15 is 0 Å². The topological polar surface area (TPSA) is 62.7 Å². The fourth-order valence-electron chi connectivity index (χ4n) is 1.66. The number of amides is 1. The molecule has 0 bridgehead atoms. The van der Waals surface area contributed by atoms with Crippen molar-refractivity contribution in [3.05, 3.63) is 22.8 Å². The highest BCUT2D eigenvalue weighted by molar-refractivity contribution is 6.32. The first-order valence-corrected chi connectivity index (χ1v) is 6.14. The zero-order valence-corrected chi connectivity index (χ0v) is 11.0. The second kappa shape index (κ2) is 5.12. The molecule has 6 heteroatoms. The van der Waals surface area contributed by atoms with E-state index in [0.29, 0.717) is 29.6 Å². The number of aliphatic hydroxyl groups excluding tert-OH is 1. The zero-order chi connectivity index (χ0) is 13.3. The Bertz CT molecular complexity index is 459. The average molecular weight is 271 g/mol. The molecule has 1 amide bonds. The smallest absolute Gasteiger partial charge is 0.255 e. The van der Waals surface area contributed by atoms with Crippen LogP contribution in [0.2, 0.25) is 5.02 Å². The lowest BCUT2D eigenvalue weighted by Gasteiger charge is -2.35. The van der Waals surface area contributed by atoms with Crippen LogP contribution in [0.5, 0.6) is 5.88 Å². The Labute approximate surface area is 110 Å². The number of aliphatic hydroxyl groups is 1. The number of rotatable bonds is 3. The summed E-state index contributed by atoms with van der Waals surface area (Å²) in [4.78, 5) is 17.5. The van der Waals surface area contributed by atoms with Crippen molar-refractivity contribution in [2.75, 3.05) is 13.1 Å². The van der Waals surface area contributed by atoms with Gasteiger partial charge in [0.15, 0.2) is 0 Å². The Hall–Kier alpha value is -1.33. The van der Waals surface area contributed by atoms with Gasteiger partial charge in [-0.3, -0.25) is 4.79 Å². The fraction of sp³-hybridized carbons (Fsp3) is 0.500. The number of hydrogen-bond donors (Lipinski definition) is 1. The lowest BCUT2D eigenvalue weighted by Crippen LogP contribution is -2.53. The summed E-state index contributed by atoms with van der Waals surface area (Å²) in [5, 5.41) is 9.47. The quantitative estimate of drug-likeness (QED) is 0.900. The molecule has 0 unspecified atom stereocenters. The second-order valence-electron chi connectivity index (χ2n) is 4.54. The van der Waals surface area contributed by atoms with Crippen LogP contribution in [0.3, 0.4) is 0 Å². The highest BCUT2D eigenvalue weighted by atomic mass is 35.5. The van der Waals surface area contributed by atoms with Gasteiger partial charge in [-0.25, -0.2) is 4.98 Å². The molecular formula is C12H15ClN2O3. The normalized spacial score (nSPS) is 15.7. The van der Waals surface area contributed by atoms with Crippen LogP contribution in [0.4, 0.5) is 0 Å². The van der Waals surface area contributed by atoms with Gasteiger partial charge in [0.2, 0.25) is 5.88 Å². The van der Waals surface area contributed by atoms with Crippen molar-refractivity contribution >= 4 is 17.5 Å². The Kier molecular flexibility index (Phi) is 3.73. The summed E-state index contributed by atoms with van der Waals surface area (Å²) in [6, 6.07) is 1.54. The van der Waals surface area contributed by atoms with E-state index in [2.05, 4.69) is 4.98 Å². The second-order valence-corrected chi connectivity index (χ2v) is 4.95. The predicted molar refractivity (Wildman–Crippen MR) is 66.9 cm³/mol. The van der Waals surface area contributed by atoms with Gasteiger partial charge >= 0.3 is 0 Å². The van der Waals surface area contributed by atoms with Crippen LogP contribution in [0.25, 0.3) is 0 Å². The van der Waals surface area contributed by atoms with Crippen LogP contribution in [-0.2, 0) is 0 Å². The predicted octanol–water partition coefficient (Wildman–Crippen LogP) is 1.34. The van der Waals surface area contributed by atoms with Gasteiger partial charge in [-0.15, -0.1) is 0 Å². The molecule has 1 aliphatic heterocycles. The van der Waals surface area contributed by atoms with Gasteiger partial charge in [0, 0.05) is 19.3 Å². The SMILES string of the molecule is CC(C)Oc1ncc(C(=O)N2CC(O)C2)cc1Cl. The van der Waals surface area contributed by atoms with Gasteiger partial charge in [0.1, 0.15) is 5.02 Å². The molecule has 5 nitrogen and oxygen atoms in total. The third kappa shape index (κ3) is 2.73. The van der Waals surface area contributed by atoms with Crippen LogP contribution in [0.1, 0.15) is 24.2 Å². The van der Waals surface area contributed by atoms with Crippen LogP contribution >= 0.6 is 11.6 Å². The molecule has 0 atom stereocenters. The molecule has 1 fully saturated rings. The van der Waals surface area contributed by atoms with E-state index in [1.54, 1.807) is 11.0 Å². The van der Waals surface area contributed by atoms with Crippen molar-refractivity contribution in [1.82, 2.24) is 9.88 Å². The highest BCUT2D eigenvalue weighted by Crippen LogP contribution is 2.24. The van der Waals surface area contributed by atoms with E-state index in [1.807, 2.05) is 13.8 Å². The molecule has 1 N–H and O–H groups in total. The Morgan fingerprint density at radius 2 is 2.28 bits per heavy atom. The summed E-state index contributed by atoms with van der Waals surface area (Å²) in [6.07, 6.45) is 0.999. The molecule has 0 spiro atoms. The van der Waals surface area contributed by atoms with Crippen molar-refractivity contribution in [3.8, 4) is 5.88 Å². The fourth-order valence-corrected chi connectivity index (χ4v) is 1.87. The Morgan fingerprint density at radius 3 is 2.78 bits per heavy atom. The van der Waals surface area contributed by atoms with Gasteiger partial charge in [0.25, 0.3) is 5.91 Å². The molecule has 1 saturated heterocycles. The van der Waals surface area contributed by atoms with Crippen molar-refractivity contribution in [3.63, 3.8) is 0 Å². The zero-order valence-electron chi connectivity index (χ0n) is 10.3. The summed E-state index contributed by atoms with van der Waals surface area (Å²) < 4.78 is 5.39. The van der Waals surface area contributed by atoms with Gasteiger partial charge in [-0.1, -0.05) is 11.6 Å². The van der Waals surface area contributed by atoms with E-state index in [-0.39, 0.29) is 12.0 Å².